The van der Waals surface area contributed by atoms with E-state index in [1.165, 1.54) is 12.1 Å². The monoisotopic (exact) mass is 175 g/mol. The summed E-state index contributed by atoms with van der Waals surface area (Å²) in [6, 6.07) is 6.23. The second kappa shape index (κ2) is 3.13. The Labute approximate surface area is 69.2 Å². The Morgan fingerprint density at radius 3 is 2.40 bits per heavy atom. The van der Waals surface area contributed by atoms with Gasteiger partial charge in [-0.1, -0.05) is 12.1 Å². The molecule has 0 saturated heterocycles. The molecule has 0 spiro atoms. The van der Waals surface area contributed by atoms with Crippen LogP contribution in [0.15, 0.2) is 24.3 Å². The van der Waals surface area contributed by atoms with Gasteiger partial charge in [0.2, 0.25) is 0 Å². The van der Waals surface area contributed by atoms with Gasteiger partial charge in [-0.2, -0.15) is 0 Å². The first-order chi connectivity index (χ1) is 4.70. The van der Waals surface area contributed by atoms with Crippen molar-refractivity contribution in [3.63, 3.8) is 0 Å². The number of hydrogen-bond donors (Lipinski definition) is 0. The van der Waals surface area contributed by atoms with Crippen LogP contribution in [0.1, 0.15) is 10.4 Å². The minimum atomic E-state index is -0.603. The van der Waals surface area contributed by atoms with E-state index in [4.69, 9.17) is 23.2 Å². The van der Waals surface area contributed by atoms with E-state index in [1.54, 1.807) is 12.1 Å². The van der Waals surface area contributed by atoms with Crippen LogP contribution in [0.25, 0.3) is 0 Å². The number of benzene rings is 1. The zero-order valence-corrected chi connectivity index (χ0v) is 6.56. The number of halogens is 2. The summed E-state index contributed by atoms with van der Waals surface area (Å²) in [6.07, 6.45) is 0. The first-order valence-electron chi connectivity index (χ1n) is 2.75. The summed E-state index contributed by atoms with van der Waals surface area (Å²) in [5, 5.41) is 10.7. The Kier molecular flexibility index (Phi) is 2.41. The van der Waals surface area contributed by atoms with Gasteiger partial charge in [0, 0.05) is 0 Å². The molecule has 1 radical (unpaired) electrons. The fourth-order valence-corrected chi connectivity index (χ4v) is 0.922. The van der Waals surface area contributed by atoms with E-state index in [0.29, 0.717) is 5.56 Å². The van der Waals surface area contributed by atoms with E-state index >= 15 is 0 Å². The summed E-state index contributed by atoms with van der Waals surface area (Å²) in [6.45, 7) is 0. The third-order valence-electron chi connectivity index (χ3n) is 1.11. The van der Waals surface area contributed by atoms with Crippen LogP contribution in [0.5, 0.6) is 5.75 Å². The highest BCUT2D eigenvalue weighted by atomic mass is 35.5. The topological polar surface area (TPSA) is 19.9 Å². The van der Waals surface area contributed by atoms with Crippen LogP contribution in [0, 0.1) is 0 Å². The van der Waals surface area contributed by atoms with Crippen molar-refractivity contribution in [2.45, 2.75) is 4.84 Å². The summed E-state index contributed by atoms with van der Waals surface area (Å²) in [4.78, 5) is -0.603. The maximum atomic E-state index is 10.7. The van der Waals surface area contributed by atoms with Crippen molar-refractivity contribution >= 4 is 23.2 Å². The molecule has 53 valence electrons. The van der Waals surface area contributed by atoms with Crippen molar-refractivity contribution in [1.82, 2.24) is 0 Å². The smallest absolute Gasteiger partial charge is 0.179 e. The summed E-state index contributed by atoms with van der Waals surface area (Å²) >= 11 is 11.0. The summed E-state index contributed by atoms with van der Waals surface area (Å²) in [5.41, 5.74) is 0.649. The Balaban J connectivity index is 2.96. The van der Waals surface area contributed by atoms with Crippen LogP contribution >= 0.6 is 23.2 Å². The first-order valence-corrected chi connectivity index (χ1v) is 3.62. The average Bonchev–Trinajstić information content (AvgIpc) is 1.88. The molecule has 0 heterocycles. The highest BCUT2D eigenvalue weighted by Gasteiger charge is 2.02. The van der Waals surface area contributed by atoms with E-state index in [2.05, 4.69) is 0 Å². The molecule has 1 aromatic rings. The number of rotatable bonds is 1. The predicted octanol–water partition coefficient (Wildman–Crippen LogP) is 3.31. The number of hydrogen-bond acceptors (Lipinski definition) is 0. The van der Waals surface area contributed by atoms with Gasteiger partial charge in [-0.15, -0.1) is 23.2 Å². The Hall–Kier alpha value is -0.400. The van der Waals surface area contributed by atoms with Crippen molar-refractivity contribution in [1.29, 1.82) is 0 Å². The lowest BCUT2D eigenvalue weighted by molar-refractivity contribution is 0.354. The van der Waals surface area contributed by atoms with E-state index in [9.17, 15) is 5.11 Å². The molecule has 3 heteroatoms. The minimum absolute atomic E-state index is 0.0659. The standard InChI is InChI=1S/C7H5Cl2O/c8-7(9)5-2-1-3-6(10)4-5/h1-4,7H. The SMILES string of the molecule is [O]c1cccc(C(Cl)Cl)c1. The van der Waals surface area contributed by atoms with Crippen LogP contribution in [-0.4, -0.2) is 0 Å². The zero-order valence-electron chi connectivity index (χ0n) is 5.05. The highest BCUT2D eigenvalue weighted by molar-refractivity contribution is 6.44. The maximum absolute atomic E-state index is 10.7. The average molecular weight is 176 g/mol. The molecule has 0 N–H and O–H groups in total. The molecule has 1 aromatic carbocycles. The fraction of sp³-hybridized carbons (Fsp3) is 0.143. The molecular weight excluding hydrogens is 171 g/mol. The van der Waals surface area contributed by atoms with Crippen LogP contribution in [0.2, 0.25) is 0 Å². The molecule has 10 heavy (non-hydrogen) atoms. The second-order valence-corrected chi connectivity index (χ2v) is 2.97. The molecule has 0 saturated carbocycles. The van der Waals surface area contributed by atoms with E-state index in [1.807, 2.05) is 0 Å². The molecule has 0 unspecified atom stereocenters. The number of alkyl halides is 2. The largest absolute Gasteiger partial charge is 0.290 e. The van der Waals surface area contributed by atoms with Crippen molar-refractivity contribution in [2.75, 3.05) is 0 Å². The minimum Gasteiger partial charge on any atom is -0.290 e. The van der Waals surface area contributed by atoms with Gasteiger partial charge in [-0.3, -0.25) is 5.11 Å². The molecule has 0 atom stereocenters. The van der Waals surface area contributed by atoms with Gasteiger partial charge in [-0.05, 0) is 17.7 Å². The van der Waals surface area contributed by atoms with Crippen molar-refractivity contribution < 1.29 is 5.11 Å². The molecule has 0 bridgehead atoms. The predicted molar refractivity (Wildman–Crippen MR) is 41.0 cm³/mol. The molecule has 0 fully saturated rings. The Morgan fingerprint density at radius 1 is 1.30 bits per heavy atom. The lowest BCUT2D eigenvalue weighted by atomic mass is 10.2. The van der Waals surface area contributed by atoms with Gasteiger partial charge in [0.15, 0.2) is 5.75 Å². The van der Waals surface area contributed by atoms with Crippen LogP contribution < -0.4 is 0 Å². The van der Waals surface area contributed by atoms with Crippen molar-refractivity contribution in [3.8, 4) is 5.75 Å². The van der Waals surface area contributed by atoms with Crippen LogP contribution in [0.4, 0.5) is 0 Å². The van der Waals surface area contributed by atoms with Crippen molar-refractivity contribution in [2.24, 2.45) is 0 Å². The van der Waals surface area contributed by atoms with Crippen molar-refractivity contribution in [3.05, 3.63) is 29.8 Å². The Morgan fingerprint density at radius 2 is 2.00 bits per heavy atom. The second-order valence-electron chi connectivity index (χ2n) is 1.87. The van der Waals surface area contributed by atoms with Crippen LogP contribution in [0.3, 0.4) is 0 Å². The molecule has 0 aromatic heterocycles. The third-order valence-corrected chi connectivity index (χ3v) is 1.61. The molecule has 0 amide bonds. The molecule has 0 aliphatic rings. The molecule has 1 rings (SSSR count). The van der Waals surface area contributed by atoms with E-state index in [-0.39, 0.29) is 5.75 Å². The quantitative estimate of drug-likeness (QED) is 0.585. The highest BCUT2D eigenvalue weighted by Crippen LogP contribution is 2.26. The van der Waals surface area contributed by atoms with Gasteiger partial charge in [0.05, 0.1) is 0 Å². The van der Waals surface area contributed by atoms with Gasteiger partial charge >= 0.3 is 0 Å². The lowest BCUT2D eigenvalue weighted by Crippen LogP contribution is -1.78. The molecule has 1 nitrogen and oxygen atoms in total. The molecule has 0 aliphatic heterocycles. The normalized spacial score (nSPS) is 10.3. The lowest BCUT2D eigenvalue weighted by Gasteiger charge is -1.98. The first kappa shape index (κ1) is 7.70. The Bertz CT molecular complexity index is 223. The maximum Gasteiger partial charge on any atom is 0.179 e. The third kappa shape index (κ3) is 1.79. The van der Waals surface area contributed by atoms with Crippen LogP contribution in [-0.2, 0) is 5.11 Å². The molecule has 0 aliphatic carbocycles. The van der Waals surface area contributed by atoms with E-state index in [0.717, 1.165) is 0 Å². The summed E-state index contributed by atoms with van der Waals surface area (Å²) in [7, 11) is 0. The van der Waals surface area contributed by atoms with E-state index < -0.39 is 4.84 Å². The van der Waals surface area contributed by atoms with Gasteiger partial charge in [-0.25, -0.2) is 0 Å². The fourth-order valence-electron chi connectivity index (χ4n) is 0.650. The molecular formula is C7H5Cl2O. The van der Waals surface area contributed by atoms with Gasteiger partial charge in [0.1, 0.15) is 4.84 Å². The summed E-state index contributed by atoms with van der Waals surface area (Å²) < 4.78 is 0. The van der Waals surface area contributed by atoms with Gasteiger partial charge < -0.3 is 0 Å². The summed E-state index contributed by atoms with van der Waals surface area (Å²) in [5.74, 6) is -0.0659. The zero-order chi connectivity index (χ0) is 7.56. The van der Waals surface area contributed by atoms with Gasteiger partial charge in [0.25, 0.3) is 0 Å².